The van der Waals surface area contributed by atoms with Crippen molar-refractivity contribution in [3.05, 3.63) is 60.3 Å². The van der Waals surface area contributed by atoms with Gasteiger partial charge in [0.1, 0.15) is 6.54 Å². The van der Waals surface area contributed by atoms with E-state index in [1.165, 1.54) is 10.9 Å². The maximum Gasteiger partial charge on any atom is 0.244 e. The highest BCUT2D eigenvalue weighted by atomic mass is 16.3. The number of carbonyl (C=O) groups excluding carboxylic acids is 1. The molecule has 0 saturated heterocycles. The molecule has 0 aliphatic heterocycles. The minimum atomic E-state index is -0.0581. The lowest BCUT2D eigenvalue weighted by molar-refractivity contribution is -0.116. The lowest BCUT2D eigenvalue weighted by Gasteiger charge is -2.18. The number of nitrogens with one attached hydrogen (secondary N) is 1. The number of benzene rings is 2. The van der Waals surface area contributed by atoms with E-state index < -0.39 is 0 Å². The monoisotopic (exact) mass is 337 g/mol. The van der Waals surface area contributed by atoms with Gasteiger partial charge >= 0.3 is 0 Å². The summed E-state index contributed by atoms with van der Waals surface area (Å²) in [7, 11) is 1.92. The number of para-hydroxylation sites is 1. The summed E-state index contributed by atoms with van der Waals surface area (Å²) in [6, 6.07) is 15.7. The number of amides is 1. The molecule has 0 atom stereocenters. The Morgan fingerprint density at radius 2 is 1.88 bits per heavy atom. The Morgan fingerprint density at radius 3 is 2.60 bits per heavy atom. The Bertz CT molecular complexity index is 868. The first kappa shape index (κ1) is 17.0. The molecule has 5 nitrogen and oxygen atoms in total. The average Bonchev–Trinajstić information content (AvgIpc) is 2.92. The predicted octanol–water partition coefficient (Wildman–Crippen LogP) is 3.02. The van der Waals surface area contributed by atoms with Gasteiger partial charge < -0.3 is 19.9 Å². The number of aliphatic hydroxyl groups is 1. The number of aromatic nitrogens is 1. The molecule has 0 saturated carbocycles. The summed E-state index contributed by atoms with van der Waals surface area (Å²) in [5, 5.41) is 13.1. The fourth-order valence-corrected chi connectivity index (χ4v) is 2.99. The van der Waals surface area contributed by atoms with Crippen LogP contribution in [0.15, 0.2) is 54.7 Å². The third kappa shape index (κ3) is 3.83. The SMILES string of the molecule is Cc1cn(CC(=O)Nc2ccc(N(C)CCO)cc2)c2ccccc12. The Labute approximate surface area is 147 Å². The topological polar surface area (TPSA) is 57.5 Å². The molecule has 3 aromatic rings. The molecule has 1 heterocycles. The van der Waals surface area contributed by atoms with Gasteiger partial charge in [0, 0.05) is 42.1 Å². The first-order valence-corrected chi connectivity index (χ1v) is 8.35. The number of aryl methyl sites for hydroxylation is 1. The summed E-state index contributed by atoms with van der Waals surface area (Å²) in [6.45, 7) is 3.02. The molecular weight excluding hydrogens is 314 g/mol. The van der Waals surface area contributed by atoms with Gasteiger partial charge in [-0.15, -0.1) is 0 Å². The third-order valence-electron chi connectivity index (χ3n) is 4.33. The van der Waals surface area contributed by atoms with Gasteiger partial charge in [0.25, 0.3) is 0 Å². The van der Waals surface area contributed by atoms with Crippen LogP contribution in [0, 0.1) is 6.92 Å². The molecule has 130 valence electrons. The number of fused-ring (bicyclic) bond motifs is 1. The van der Waals surface area contributed by atoms with Crippen molar-refractivity contribution in [3.63, 3.8) is 0 Å². The molecule has 1 amide bonds. The summed E-state index contributed by atoms with van der Waals surface area (Å²) in [5.74, 6) is -0.0581. The minimum Gasteiger partial charge on any atom is -0.395 e. The van der Waals surface area contributed by atoms with Crippen LogP contribution in [0.1, 0.15) is 5.56 Å². The highest BCUT2D eigenvalue weighted by Crippen LogP contribution is 2.21. The van der Waals surface area contributed by atoms with Crippen LogP contribution in [0.5, 0.6) is 0 Å². The van der Waals surface area contributed by atoms with Gasteiger partial charge in [-0.3, -0.25) is 4.79 Å². The zero-order valence-electron chi connectivity index (χ0n) is 14.6. The van der Waals surface area contributed by atoms with Crippen LogP contribution >= 0.6 is 0 Å². The number of likely N-dealkylation sites (N-methyl/N-ethyl adjacent to an activating group) is 1. The van der Waals surface area contributed by atoms with Crippen LogP contribution in [0.25, 0.3) is 10.9 Å². The molecule has 0 unspecified atom stereocenters. The quantitative estimate of drug-likeness (QED) is 0.727. The molecule has 0 aliphatic rings. The smallest absolute Gasteiger partial charge is 0.244 e. The van der Waals surface area contributed by atoms with E-state index >= 15 is 0 Å². The minimum absolute atomic E-state index is 0.0581. The van der Waals surface area contributed by atoms with Crippen molar-refractivity contribution in [2.75, 3.05) is 30.4 Å². The van der Waals surface area contributed by atoms with E-state index in [0.29, 0.717) is 6.54 Å². The van der Waals surface area contributed by atoms with E-state index in [1.807, 2.05) is 65.2 Å². The lowest BCUT2D eigenvalue weighted by atomic mass is 10.2. The Kier molecular flexibility index (Phi) is 5.05. The molecule has 0 aliphatic carbocycles. The van der Waals surface area contributed by atoms with E-state index in [1.54, 1.807) is 0 Å². The van der Waals surface area contributed by atoms with Gasteiger partial charge in [-0.1, -0.05) is 18.2 Å². The molecular formula is C20H23N3O2. The molecule has 0 fully saturated rings. The average molecular weight is 337 g/mol. The predicted molar refractivity (Wildman–Crippen MR) is 102 cm³/mol. The van der Waals surface area contributed by atoms with Crippen LogP contribution in [0.2, 0.25) is 0 Å². The number of anilines is 2. The van der Waals surface area contributed by atoms with Crippen molar-refractivity contribution in [1.82, 2.24) is 4.57 Å². The second kappa shape index (κ2) is 7.40. The molecule has 1 aromatic heterocycles. The van der Waals surface area contributed by atoms with E-state index in [9.17, 15) is 4.79 Å². The van der Waals surface area contributed by atoms with E-state index in [4.69, 9.17) is 5.11 Å². The van der Waals surface area contributed by atoms with Gasteiger partial charge in [-0.25, -0.2) is 0 Å². The fraction of sp³-hybridized carbons (Fsp3) is 0.250. The molecule has 2 N–H and O–H groups in total. The molecule has 0 bridgehead atoms. The maximum atomic E-state index is 12.4. The normalized spacial score (nSPS) is 10.8. The summed E-state index contributed by atoms with van der Waals surface area (Å²) >= 11 is 0. The standard InChI is InChI=1S/C20H23N3O2/c1-15-13-23(19-6-4-3-5-18(15)19)14-20(25)21-16-7-9-17(10-8-16)22(2)11-12-24/h3-10,13,24H,11-12,14H2,1-2H3,(H,21,25). The number of nitrogens with zero attached hydrogens (tertiary/aromatic N) is 2. The third-order valence-corrected chi connectivity index (χ3v) is 4.33. The number of carbonyl (C=O) groups is 1. The number of hydrogen-bond donors (Lipinski definition) is 2. The first-order valence-electron chi connectivity index (χ1n) is 8.35. The number of aliphatic hydroxyl groups excluding tert-OH is 1. The molecule has 0 spiro atoms. The first-order chi connectivity index (χ1) is 12.1. The highest BCUT2D eigenvalue weighted by molar-refractivity contribution is 5.92. The van der Waals surface area contributed by atoms with Gasteiger partial charge in [0.05, 0.1) is 6.61 Å². The summed E-state index contributed by atoms with van der Waals surface area (Å²) < 4.78 is 1.98. The zero-order valence-corrected chi connectivity index (χ0v) is 14.6. The molecule has 0 radical (unpaired) electrons. The van der Waals surface area contributed by atoms with Crippen LogP contribution in [-0.2, 0) is 11.3 Å². The van der Waals surface area contributed by atoms with Crippen molar-refractivity contribution in [2.24, 2.45) is 0 Å². The van der Waals surface area contributed by atoms with Gasteiger partial charge in [0.15, 0.2) is 0 Å². The Morgan fingerprint density at radius 1 is 1.16 bits per heavy atom. The van der Waals surface area contributed by atoms with Crippen LogP contribution < -0.4 is 10.2 Å². The number of rotatable bonds is 6. The highest BCUT2D eigenvalue weighted by Gasteiger charge is 2.09. The van der Waals surface area contributed by atoms with Crippen molar-refractivity contribution < 1.29 is 9.90 Å². The zero-order chi connectivity index (χ0) is 17.8. The second-order valence-corrected chi connectivity index (χ2v) is 6.20. The van der Waals surface area contributed by atoms with Crippen molar-refractivity contribution in [2.45, 2.75) is 13.5 Å². The number of hydrogen-bond acceptors (Lipinski definition) is 3. The maximum absolute atomic E-state index is 12.4. The summed E-state index contributed by atoms with van der Waals surface area (Å²) in [5.41, 5.74) is 3.99. The Hall–Kier alpha value is -2.79. The van der Waals surface area contributed by atoms with E-state index in [2.05, 4.69) is 18.3 Å². The second-order valence-electron chi connectivity index (χ2n) is 6.20. The van der Waals surface area contributed by atoms with Gasteiger partial charge in [-0.05, 0) is 42.8 Å². The molecule has 25 heavy (non-hydrogen) atoms. The van der Waals surface area contributed by atoms with E-state index in [0.717, 1.165) is 16.9 Å². The summed E-state index contributed by atoms with van der Waals surface area (Å²) in [6.07, 6.45) is 2.01. The van der Waals surface area contributed by atoms with Crippen molar-refractivity contribution >= 4 is 28.2 Å². The van der Waals surface area contributed by atoms with Crippen molar-refractivity contribution in [3.8, 4) is 0 Å². The fourth-order valence-electron chi connectivity index (χ4n) is 2.99. The largest absolute Gasteiger partial charge is 0.395 e. The van der Waals surface area contributed by atoms with Crippen LogP contribution in [-0.4, -0.2) is 35.8 Å². The van der Waals surface area contributed by atoms with Gasteiger partial charge in [0.2, 0.25) is 5.91 Å². The molecule has 2 aromatic carbocycles. The van der Waals surface area contributed by atoms with Crippen LogP contribution in [0.4, 0.5) is 11.4 Å². The lowest BCUT2D eigenvalue weighted by Crippen LogP contribution is -2.21. The van der Waals surface area contributed by atoms with E-state index in [-0.39, 0.29) is 19.1 Å². The summed E-state index contributed by atoms with van der Waals surface area (Å²) in [4.78, 5) is 14.3. The Balaban J connectivity index is 1.68. The molecule has 3 rings (SSSR count). The van der Waals surface area contributed by atoms with Crippen LogP contribution in [0.3, 0.4) is 0 Å². The molecule has 5 heteroatoms. The van der Waals surface area contributed by atoms with Gasteiger partial charge in [-0.2, -0.15) is 0 Å². The van der Waals surface area contributed by atoms with Crippen molar-refractivity contribution in [1.29, 1.82) is 0 Å².